The molecule has 0 aromatic heterocycles. The fraction of sp³-hybridized carbons (Fsp3) is 0.273. The molecule has 1 aromatic carbocycles. The quantitative estimate of drug-likeness (QED) is 0.410. The molecule has 0 fully saturated rings. The summed E-state index contributed by atoms with van der Waals surface area (Å²) in [7, 11) is -2.58. The van der Waals surface area contributed by atoms with E-state index in [1.165, 1.54) is 31.4 Å². The van der Waals surface area contributed by atoms with E-state index < -0.39 is 21.8 Å². The number of hydrogen-bond donors (Lipinski definition) is 1. The lowest BCUT2D eigenvalue weighted by Crippen LogP contribution is -2.40. The Kier molecular flexibility index (Phi) is 5.77. The molecule has 1 aromatic rings. The van der Waals surface area contributed by atoms with Crippen molar-refractivity contribution in [2.75, 3.05) is 13.7 Å². The van der Waals surface area contributed by atoms with Crippen molar-refractivity contribution in [1.82, 2.24) is 5.12 Å². The molecule has 1 unspecified atom stereocenters. The molecule has 0 heterocycles. The van der Waals surface area contributed by atoms with Crippen LogP contribution in [0.25, 0.3) is 0 Å². The van der Waals surface area contributed by atoms with E-state index in [1.54, 1.807) is 0 Å². The second-order valence-electron chi connectivity index (χ2n) is 3.61. The lowest BCUT2D eigenvalue weighted by molar-refractivity contribution is 0.272. The van der Waals surface area contributed by atoms with Crippen LogP contribution in [0.3, 0.4) is 0 Å². The fourth-order valence-corrected chi connectivity index (χ4v) is 2.93. The maximum absolute atomic E-state index is 12.4. The molecule has 1 atom stereocenters. The van der Waals surface area contributed by atoms with Crippen LogP contribution >= 0.6 is 0 Å². The van der Waals surface area contributed by atoms with E-state index in [4.69, 9.17) is 10.5 Å². The number of methoxy groups -OCH3 is 1. The SMILES string of the molecule is COc1ccc(S(=O)(=O)C(CN)N(N=C=O)N=C=O)cc1. The maximum atomic E-state index is 12.4. The Balaban J connectivity index is 3.28. The molecule has 112 valence electrons. The van der Waals surface area contributed by atoms with Crippen molar-refractivity contribution in [3.63, 3.8) is 0 Å². The highest BCUT2D eigenvalue weighted by Gasteiger charge is 2.32. The first-order valence-corrected chi connectivity index (χ1v) is 7.08. The molecule has 2 N–H and O–H groups in total. The van der Waals surface area contributed by atoms with Gasteiger partial charge in [-0.05, 0) is 24.3 Å². The monoisotopic (exact) mass is 312 g/mol. The van der Waals surface area contributed by atoms with Crippen molar-refractivity contribution in [2.45, 2.75) is 10.3 Å². The number of sulfone groups is 1. The second kappa shape index (κ2) is 7.32. The van der Waals surface area contributed by atoms with Gasteiger partial charge < -0.3 is 10.5 Å². The van der Waals surface area contributed by atoms with Gasteiger partial charge >= 0.3 is 0 Å². The van der Waals surface area contributed by atoms with Crippen molar-refractivity contribution >= 4 is 22.0 Å². The van der Waals surface area contributed by atoms with Gasteiger partial charge in [-0.25, -0.2) is 18.0 Å². The van der Waals surface area contributed by atoms with E-state index >= 15 is 0 Å². The molecule has 0 spiro atoms. The predicted octanol–water partition coefficient (Wildman–Crippen LogP) is -0.443. The Hall–Kier alpha value is -2.51. The number of isocyanates is 2. The first kappa shape index (κ1) is 16.5. The summed E-state index contributed by atoms with van der Waals surface area (Å²) in [6.07, 6.45) is 2.19. The van der Waals surface area contributed by atoms with Crippen molar-refractivity contribution in [1.29, 1.82) is 0 Å². The molecule has 0 amide bonds. The fourth-order valence-electron chi connectivity index (χ4n) is 1.50. The van der Waals surface area contributed by atoms with Crippen LogP contribution in [0.2, 0.25) is 0 Å². The largest absolute Gasteiger partial charge is 0.497 e. The highest BCUT2D eigenvalue weighted by Crippen LogP contribution is 2.21. The molecule has 9 nitrogen and oxygen atoms in total. The van der Waals surface area contributed by atoms with Gasteiger partial charge in [0.15, 0.2) is 5.37 Å². The van der Waals surface area contributed by atoms with Crippen LogP contribution in [0.5, 0.6) is 5.75 Å². The third-order valence-electron chi connectivity index (χ3n) is 2.49. The Morgan fingerprint density at radius 3 is 2.14 bits per heavy atom. The van der Waals surface area contributed by atoms with Gasteiger partial charge in [0.25, 0.3) is 12.2 Å². The minimum Gasteiger partial charge on any atom is -0.497 e. The van der Waals surface area contributed by atoms with Crippen molar-refractivity contribution in [2.24, 2.45) is 15.9 Å². The van der Waals surface area contributed by atoms with E-state index in [1.807, 2.05) is 0 Å². The molecule has 0 saturated heterocycles. The number of nitrogens with two attached hydrogens (primary N) is 1. The molecule has 0 bridgehead atoms. The second-order valence-corrected chi connectivity index (χ2v) is 5.72. The standard InChI is InChI=1S/C11H12N4O5S/c1-20-9-2-4-10(5-3-9)21(18,19)11(6-12)15(13-7-16)14-8-17/h2-5,11H,6,12H2,1H3. The molecule has 0 radical (unpaired) electrons. The molecule has 21 heavy (non-hydrogen) atoms. The summed E-state index contributed by atoms with van der Waals surface area (Å²) < 4.78 is 29.7. The van der Waals surface area contributed by atoms with Crippen LogP contribution in [0.4, 0.5) is 0 Å². The Bertz CT molecular complexity index is 657. The first-order chi connectivity index (χ1) is 10.0. The zero-order chi connectivity index (χ0) is 15.9. The molecule has 1 rings (SSSR count). The predicted molar refractivity (Wildman–Crippen MR) is 71.1 cm³/mol. The summed E-state index contributed by atoms with van der Waals surface area (Å²) in [4.78, 5) is 20.5. The first-order valence-electron chi connectivity index (χ1n) is 5.54. The van der Waals surface area contributed by atoms with Crippen molar-refractivity contribution in [3.8, 4) is 5.75 Å². The third-order valence-corrected chi connectivity index (χ3v) is 4.52. The number of hydrogen-bond acceptors (Lipinski definition) is 9. The number of nitrogens with zero attached hydrogens (tertiary/aromatic N) is 3. The topological polar surface area (TPSA) is 131 Å². The van der Waals surface area contributed by atoms with E-state index in [2.05, 4.69) is 10.2 Å². The van der Waals surface area contributed by atoms with E-state index in [-0.39, 0.29) is 4.90 Å². The van der Waals surface area contributed by atoms with Crippen LogP contribution in [0.1, 0.15) is 0 Å². The maximum Gasteiger partial charge on any atom is 0.260 e. The minimum absolute atomic E-state index is 0.0917. The third kappa shape index (κ3) is 3.74. The summed E-state index contributed by atoms with van der Waals surface area (Å²) >= 11 is 0. The van der Waals surface area contributed by atoms with E-state index in [0.717, 1.165) is 12.2 Å². The molecule has 0 aliphatic carbocycles. The van der Waals surface area contributed by atoms with Crippen molar-refractivity contribution < 1.29 is 22.7 Å². The molecule has 0 aliphatic rings. The van der Waals surface area contributed by atoms with Gasteiger partial charge in [-0.2, -0.15) is 0 Å². The van der Waals surface area contributed by atoms with Crippen LogP contribution in [0.15, 0.2) is 39.4 Å². The normalized spacial score (nSPS) is 11.7. The van der Waals surface area contributed by atoms with Gasteiger partial charge in [0.1, 0.15) is 5.75 Å². The summed E-state index contributed by atoms with van der Waals surface area (Å²) in [5.41, 5.74) is 5.39. The van der Waals surface area contributed by atoms with Crippen LogP contribution in [0, 0.1) is 0 Å². The zero-order valence-corrected chi connectivity index (χ0v) is 11.8. The smallest absolute Gasteiger partial charge is 0.260 e. The average Bonchev–Trinajstić information content (AvgIpc) is 2.48. The molecule has 0 aliphatic heterocycles. The van der Waals surface area contributed by atoms with Gasteiger partial charge in [0.05, 0.1) is 12.0 Å². The highest BCUT2D eigenvalue weighted by atomic mass is 32.2. The lowest BCUT2D eigenvalue weighted by Gasteiger charge is -2.20. The van der Waals surface area contributed by atoms with Crippen LogP contribution in [-0.4, -0.2) is 44.7 Å². The highest BCUT2D eigenvalue weighted by molar-refractivity contribution is 7.92. The van der Waals surface area contributed by atoms with Crippen LogP contribution in [-0.2, 0) is 19.4 Å². The van der Waals surface area contributed by atoms with Crippen LogP contribution < -0.4 is 10.5 Å². The van der Waals surface area contributed by atoms with Gasteiger partial charge in [0.2, 0.25) is 9.84 Å². The number of rotatable bonds is 7. The van der Waals surface area contributed by atoms with E-state index in [9.17, 15) is 18.0 Å². The Morgan fingerprint density at radius 1 is 1.24 bits per heavy atom. The van der Waals surface area contributed by atoms with Gasteiger partial charge in [-0.1, -0.05) is 10.2 Å². The molecular weight excluding hydrogens is 300 g/mol. The average molecular weight is 312 g/mol. The van der Waals surface area contributed by atoms with Crippen molar-refractivity contribution in [3.05, 3.63) is 24.3 Å². The molecular formula is C11H12N4O5S. The Labute approximate surface area is 120 Å². The summed E-state index contributed by atoms with van der Waals surface area (Å²) in [5, 5.41) is 4.88. The summed E-state index contributed by atoms with van der Waals surface area (Å²) in [5.74, 6) is 0.465. The van der Waals surface area contributed by atoms with Gasteiger partial charge in [-0.3, -0.25) is 0 Å². The van der Waals surface area contributed by atoms with E-state index in [0.29, 0.717) is 10.9 Å². The van der Waals surface area contributed by atoms with Gasteiger partial charge in [-0.15, -0.1) is 5.12 Å². The lowest BCUT2D eigenvalue weighted by atomic mass is 10.3. The minimum atomic E-state index is -4.02. The number of hydrazone groups is 2. The molecule has 10 heteroatoms. The summed E-state index contributed by atoms with van der Waals surface area (Å²) in [6, 6.07) is 5.47. The zero-order valence-electron chi connectivity index (χ0n) is 11.0. The Morgan fingerprint density at radius 2 is 1.76 bits per heavy atom. The number of ether oxygens (including phenoxy) is 1. The summed E-state index contributed by atoms with van der Waals surface area (Å²) in [6.45, 7) is -0.454. The van der Waals surface area contributed by atoms with Gasteiger partial charge in [0, 0.05) is 6.54 Å². The number of benzene rings is 1. The number of carbonyl (C=O) groups excluding carboxylic acids is 2. The molecule has 0 saturated carbocycles.